The number of rotatable bonds is 5. The standard InChI is InChI=1S/C14H14ClN3O3/c1-8-2-3-9(4-11(8)15)13(19)18-12(14(20)21)5-10-6-16-7-17-10/h2-4,6-7,12H,5H2,1H3,(H,16,17)(H,18,19)(H,20,21)/t12-/m0/s1. The Hall–Kier alpha value is -2.34. The van der Waals surface area contributed by atoms with E-state index in [0.717, 1.165) is 5.56 Å². The first kappa shape index (κ1) is 15.1. The number of nitrogens with zero attached hydrogens (tertiary/aromatic N) is 1. The number of H-pyrrole nitrogens is 1. The summed E-state index contributed by atoms with van der Waals surface area (Å²) >= 11 is 5.96. The molecule has 0 aliphatic carbocycles. The lowest BCUT2D eigenvalue weighted by molar-refractivity contribution is -0.139. The van der Waals surface area contributed by atoms with E-state index in [2.05, 4.69) is 15.3 Å². The summed E-state index contributed by atoms with van der Waals surface area (Å²) in [5.41, 5.74) is 1.80. The molecular formula is C14H14ClN3O3. The van der Waals surface area contributed by atoms with Crippen molar-refractivity contribution in [1.82, 2.24) is 15.3 Å². The summed E-state index contributed by atoms with van der Waals surface area (Å²) in [6, 6.07) is 3.78. The average Bonchev–Trinajstić information content (AvgIpc) is 2.93. The van der Waals surface area contributed by atoms with Gasteiger partial charge in [-0.2, -0.15) is 0 Å². The van der Waals surface area contributed by atoms with Crippen molar-refractivity contribution >= 4 is 23.5 Å². The minimum Gasteiger partial charge on any atom is -0.480 e. The van der Waals surface area contributed by atoms with Gasteiger partial charge in [0.1, 0.15) is 6.04 Å². The van der Waals surface area contributed by atoms with Crippen LogP contribution in [0.5, 0.6) is 0 Å². The topological polar surface area (TPSA) is 95.1 Å². The predicted octanol–water partition coefficient (Wildman–Crippen LogP) is 1.80. The van der Waals surface area contributed by atoms with Crippen molar-refractivity contribution in [2.45, 2.75) is 19.4 Å². The van der Waals surface area contributed by atoms with Crippen LogP contribution in [-0.2, 0) is 11.2 Å². The lowest BCUT2D eigenvalue weighted by atomic mass is 10.1. The zero-order valence-electron chi connectivity index (χ0n) is 11.3. The molecule has 7 heteroatoms. The van der Waals surface area contributed by atoms with Gasteiger partial charge in [-0.3, -0.25) is 4.79 Å². The molecule has 0 spiro atoms. The van der Waals surface area contributed by atoms with E-state index < -0.39 is 17.9 Å². The predicted molar refractivity (Wildman–Crippen MR) is 77.4 cm³/mol. The highest BCUT2D eigenvalue weighted by Gasteiger charge is 2.21. The highest BCUT2D eigenvalue weighted by atomic mass is 35.5. The summed E-state index contributed by atoms with van der Waals surface area (Å²) in [5, 5.41) is 12.1. The number of aliphatic carboxylic acids is 1. The molecule has 6 nitrogen and oxygen atoms in total. The van der Waals surface area contributed by atoms with Gasteiger partial charge in [-0.1, -0.05) is 17.7 Å². The van der Waals surface area contributed by atoms with Crippen molar-refractivity contribution in [1.29, 1.82) is 0 Å². The molecule has 0 radical (unpaired) electrons. The molecular weight excluding hydrogens is 294 g/mol. The maximum Gasteiger partial charge on any atom is 0.326 e. The van der Waals surface area contributed by atoms with Crippen LogP contribution in [0.25, 0.3) is 0 Å². The van der Waals surface area contributed by atoms with E-state index in [-0.39, 0.29) is 6.42 Å². The number of hydrogen-bond acceptors (Lipinski definition) is 3. The maximum absolute atomic E-state index is 12.1. The second-order valence-corrected chi connectivity index (χ2v) is 5.02. The third-order valence-electron chi connectivity index (χ3n) is 3.02. The molecule has 0 saturated heterocycles. The van der Waals surface area contributed by atoms with Gasteiger partial charge in [-0.25, -0.2) is 9.78 Å². The second-order valence-electron chi connectivity index (χ2n) is 4.61. The smallest absolute Gasteiger partial charge is 0.326 e. The largest absolute Gasteiger partial charge is 0.480 e. The van der Waals surface area contributed by atoms with Crippen LogP contribution in [-0.4, -0.2) is 33.0 Å². The number of carbonyl (C=O) groups is 2. The molecule has 110 valence electrons. The van der Waals surface area contributed by atoms with E-state index in [1.54, 1.807) is 12.1 Å². The van der Waals surface area contributed by atoms with Crippen molar-refractivity contribution in [3.63, 3.8) is 0 Å². The first-order chi connectivity index (χ1) is 9.97. The maximum atomic E-state index is 12.1. The van der Waals surface area contributed by atoms with Gasteiger partial charge in [0.2, 0.25) is 0 Å². The Morgan fingerprint density at radius 1 is 1.48 bits per heavy atom. The molecule has 0 aliphatic heterocycles. The van der Waals surface area contributed by atoms with Gasteiger partial charge in [-0.15, -0.1) is 0 Å². The third kappa shape index (κ3) is 3.82. The fraction of sp³-hybridized carbons (Fsp3) is 0.214. The number of hydrogen-bond donors (Lipinski definition) is 3. The molecule has 0 fully saturated rings. The molecule has 1 atom stereocenters. The summed E-state index contributed by atoms with van der Waals surface area (Å²) in [6.07, 6.45) is 3.10. The minimum absolute atomic E-state index is 0.126. The van der Waals surface area contributed by atoms with Crippen LogP contribution in [0.3, 0.4) is 0 Å². The molecule has 1 heterocycles. The molecule has 1 aromatic heterocycles. The number of aromatic nitrogens is 2. The quantitative estimate of drug-likeness (QED) is 0.785. The zero-order chi connectivity index (χ0) is 15.4. The number of aryl methyl sites for hydroxylation is 1. The second kappa shape index (κ2) is 6.41. The van der Waals surface area contributed by atoms with Crippen LogP contribution in [0.15, 0.2) is 30.7 Å². The van der Waals surface area contributed by atoms with Gasteiger partial charge in [0.15, 0.2) is 0 Å². The fourth-order valence-corrected chi connectivity index (χ4v) is 1.97. The number of amides is 1. The highest BCUT2D eigenvalue weighted by Crippen LogP contribution is 2.16. The van der Waals surface area contributed by atoms with Crippen molar-refractivity contribution < 1.29 is 14.7 Å². The van der Waals surface area contributed by atoms with Crippen LogP contribution in [0.2, 0.25) is 5.02 Å². The van der Waals surface area contributed by atoms with E-state index >= 15 is 0 Å². The lowest BCUT2D eigenvalue weighted by Gasteiger charge is -2.14. The van der Waals surface area contributed by atoms with Crippen molar-refractivity contribution in [2.24, 2.45) is 0 Å². The Bertz CT molecular complexity index is 655. The molecule has 0 unspecified atom stereocenters. The Morgan fingerprint density at radius 3 is 2.81 bits per heavy atom. The minimum atomic E-state index is -1.11. The van der Waals surface area contributed by atoms with Crippen molar-refractivity contribution in [2.75, 3.05) is 0 Å². The number of carbonyl (C=O) groups excluding carboxylic acids is 1. The average molecular weight is 308 g/mol. The normalized spacial score (nSPS) is 11.9. The first-order valence-corrected chi connectivity index (χ1v) is 6.62. The number of nitrogens with one attached hydrogen (secondary N) is 2. The fourth-order valence-electron chi connectivity index (χ4n) is 1.79. The van der Waals surface area contributed by atoms with Crippen LogP contribution in [0.1, 0.15) is 21.6 Å². The third-order valence-corrected chi connectivity index (χ3v) is 3.42. The van der Waals surface area contributed by atoms with Gasteiger partial charge < -0.3 is 15.4 Å². The van der Waals surface area contributed by atoms with Crippen LogP contribution in [0, 0.1) is 6.92 Å². The Labute approximate surface area is 126 Å². The summed E-state index contributed by atoms with van der Waals surface area (Å²) in [7, 11) is 0. The summed E-state index contributed by atoms with van der Waals surface area (Å²) < 4.78 is 0. The van der Waals surface area contributed by atoms with Gasteiger partial charge >= 0.3 is 5.97 Å². The first-order valence-electron chi connectivity index (χ1n) is 6.24. The van der Waals surface area contributed by atoms with Gasteiger partial charge in [0.05, 0.1) is 6.33 Å². The number of aromatic amines is 1. The molecule has 21 heavy (non-hydrogen) atoms. The Balaban J connectivity index is 2.10. The monoisotopic (exact) mass is 307 g/mol. The van der Waals surface area contributed by atoms with Gasteiger partial charge in [-0.05, 0) is 24.6 Å². The SMILES string of the molecule is Cc1ccc(C(=O)N[C@@H](Cc2cnc[nH]2)C(=O)O)cc1Cl. The van der Waals surface area contributed by atoms with Crippen molar-refractivity contribution in [3.8, 4) is 0 Å². The molecule has 2 rings (SSSR count). The Morgan fingerprint density at radius 2 is 2.24 bits per heavy atom. The number of carboxylic acid groups (broad SMARTS) is 1. The van der Waals surface area contributed by atoms with E-state index in [1.807, 2.05) is 6.92 Å². The molecule has 3 N–H and O–H groups in total. The Kier molecular flexibility index (Phi) is 4.59. The van der Waals surface area contributed by atoms with E-state index in [4.69, 9.17) is 11.6 Å². The van der Waals surface area contributed by atoms with Crippen LogP contribution in [0.4, 0.5) is 0 Å². The number of carboxylic acids is 1. The van der Waals surface area contributed by atoms with E-state index in [9.17, 15) is 14.7 Å². The summed E-state index contributed by atoms with van der Waals surface area (Å²) in [5.74, 6) is -1.60. The van der Waals surface area contributed by atoms with Crippen LogP contribution >= 0.6 is 11.6 Å². The van der Waals surface area contributed by atoms with Crippen molar-refractivity contribution in [3.05, 3.63) is 52.6 Å². The summed E-state index contributed by atoms with van der Waals surface area (Å²) in [6.45, 7) is 1.82. The zero-order valence-corrected chi connectivity index (χ0v) is 12.0. The highest BCUT2D eigenvalue weighted by molar-refractivity contribution is 6.31. The summed E-state index contributed by atoms with van der Waals surface area (Å²) in [4.78, 5) is 30.0. The molecule has 2 aromatic rings. The molecule has 0 aliphatic rings. The van der Waals surface area contributed by atoms with E-state index in [1.165, 1.54) is 18.6 Å². The van der Waals surface area contributed by atoms with Gasteiger partial charge in [0, 0.05) is 28.9 Å². The van der Waals surface area contributed by atoms with Crippen LogP contribution < -0.4 is 5.32 Å². The molecule has 1 aromatic carbocycles. The van der Waals surface area contributed by atoms with Gasteiger partial charge in [0.25, 0.3) is 5.91 Å². The molecule has 0 saturated carbocycles. The molecule has 1 amide bonds. The lowest BCUT2D eigenvalue weighted by Crippen LogP contribution is -2.42. The number of imidazole rings is 1. The number of benzene rings is 1. The van der Waals surface area contributed by atoms with E-state index in [0.29, 0.717) is 16.3 Å². The molecule has 0 bridgehead atoms. The number of halogens is 1.